The highest BCUT2D eigenvalue weighted by Gasteiger charge is 2.34. The Kier molecular flexibility index (Phi) is 6.43. The van der Waals surface area contributed by atoms with E-state index in [0.717, 1.165) is 28.0 Å². The van der Waals surface area contributed by atoms with Gasteiger partial charge in [-0.05, 0) is 43.2 Å². The van der Waals surface area contributed by atoms with E-state index in [9.17, 15) is 5.11 Å². The molecule has 202 valence electrons. The fourth-order valence-corrected chi connectivity index (χ4v) is 4.82. The third-order valence-corrected chi connectivity index (χ3v) is 6.84. The van der Waals surface area contributed by atoms with E-state index in [4.69, 9.17) is 24.0 Å². The van der Waals surface area contributed by atoms with E-state index in [1.54, 1.807) is 37.2 Å². The third kappa shape index (κ3) is 4.53. The number of phenolic OH excluding ortho intramolecular Hbond substituents is 1. The Morgan fingerprint density at radius 2 is 1.82 bits per heavy atom. The second kappa shape index (κ2) is 10.2. The van der Waals surface area contributed by atoms with Crippen LogP contribution < -0.4 is 14.2 Å². The molecule has 1 atom stereocenters. The number of nitrogens with zero attached hydrogens (tertiary/aromatic N) is 5. The van der Waals surface area contributed by atoms with Crippen LogP contribution in [0.1, 0.15) is 46.5 Å². The van der Waals surface area contributed by atoms with Gasteiger partial charge in [-0.15, -0.1) is 5.10 Å². The molecule has 3 aromatic carbocycles. The Hall–Kier alpha value is -5.12. The van der Waals surface area contributed by atoms with Gasteiger partial charge in [-0.1, -0.05) is 47.1 Å². The van der Waals surface area contributed by atoms with Crippen molar-refractivity contribution in [1.82, 2.24) is 19.6 Å². The molecule has 0 spiro atoms. The van der Waals surface area contributed by atoms with Gasteiger partial charge in [0.25, 0.3) is 0 Å². The highest BCUT2D eigenvalue weighted by atomic mass is 16.6. The molecule has 3 heterocycles. The van der Waals surface area contributed by atoms with Crippen molar-refractivity contribution in [3.05, 3.63) is 101 Å². The zero-order chi connectivity index (χ0) is 27.8. The largest absolute Gasteiger partial charge is 0.508 e. The van der Waals surface area contributed by atoms with Crippen molar-refractivity contribution >= 4 is 11.4 Å². The summed E-state index contributed by atoms with van der Waals surface area (Å²) < 4.78 is 18.8. The van der Waals surface area contributed by atoms with Gasteiger partial charge in [-0.25, -0.2) is 14.5 Å². The molecule has 1 aliphatic heterocycles. The average molecular weight is 538 g/mol. The Labute approximate surface area is 230 Å². The lowest BCUT2D eigenvalue weighted by molar-refractivity contribution is 0.125. The summed E-state index contributed by atoms with van der Waals surface area (Å²) in [5.41, 5.74) is 5.95. The van der Waals surface area contributed by atoms with Crippen molar-refractivity contribution in [2.75, 3.05) is 14.2 Å². The average Bonchev–Trinajstić information content (AvgIpc) is 3.39. The summed E-state index contributed by atoms with van der Waals surface area (Å²) in [4.78, 5) is 14.9. The monoisotopic (exact) mass is 537 g/mol. The first-order valence-corrected chi connectivity index (χ1v) is 12.7. The number of aromatic nitrogens is 4. The number of rotatable bonds is 7. The van der Waals surface area contributed by atoms with Crippen molar-refractivity contribution in [2.24, 2.45) is 5.16 Å². The Morgan fingerprint density at radius 3 is 2.60 bits per heavy atom. The normalized spacial score (nSPS) is 14.3. The summed E-state index contributed by atoms with van der Waals surface area (Å²) in [6, 6.07) is 18.9. The van der Waals surface area contributed by atoms with E-state index >= 15 is 0 Å². The SMILES string of the molecule is COc1ccc([C@H]2c3ccc(O)cc3Oc3ncn4nc(CO/N=C(\C)c5ccc(C)cc5)nc4c32)cc1OC. The van der Waals surface area contributed by atoms with Crippen LogP contribution in [0.25, 0.3) is 5.65 Å². The van der Waals surface area contributed by atoms with Gasteiger partial charge in [0.1, 0.15) is 17.8 Å². The maximum Gasteiger partial charge on any atom is 0.228 e. The zero-order valence-electron chi connectivity index (χ0n) is 22.5. The summed E-state index contributed by atoms with van der Waals surface area (Å²) >= 11 is 0. The molecule has 0 radical (unpaired) electrons. The van der Waals surface area contributed by atoms with E-state index < -0.39 is 0 Å². The number of hydrogen-bond donors (Lipinski definition) is 1. The summed E-state index contributed by atoms with van der Waals surface area (Å²) in [6.07, 6.45) is 1.55. The second-order valence-electron chi connectivity index (χ2n) is 9.45. The molecule has 10 nitrogen and oxygen atoms in total. The molecule has 10 heteroatoms. The van der Waals surface area contributed by atoms with Gasteiger partial charge in [-0.2, -0.15) is 0 Å². The lowest BCUT2D eigenvalue weighted by Crippen LogP contribution is -2.15. The van der Waals surface area contributed by atoms with Crippen LogP contribution in [-0.2, 0) is 11.4 Å². The molecule has 2 aromatic heterocycles. The number of hydrogen-bond acceptors (Lipinski definition) is 9. The van der Waals surface area contributed by atoms with E-state index in [0.29, 0.717) is 34.6 Å². The van der Waals surface area contributed by atoms with E-state index in [-0.39, 0.29) is 18.3 Å². The van der Waals surface area contributed by atoms with Crippen molar-refractivity contribution in [2.45, 2.75) is 26.4 Å². The molecule has 0 unspecified atom stereocenters. The lowest BCUT2D eigenvalue weighted by atomic mass is 9.83. The maximum atomic E-state index is 10.1. The molecule has 5 aromatic rings. The van der Waals surface area contributed by atoms with Crippen LogP contribution in [0.3, 0.4) is 0 Å². The van der Waals surface area contributed by atoms with Crippen molar-refractivity contribution in [1.29, 1.82) is 0 Å². The lowest BCUT2D eigenvalue weighted by Gasteiger charge is -2.28. The van der Waals surface area contributed by atoms with Gasteiger partial charge in [0.15, 0.2) is 29.6 Å². The van der Waals surface area contributed by atoms with Crippen LogP contribution in [0.5, 0.6) is 28.9 Å². The highest BCUT2D eigenvalue weighted by molar-refractivity contribution is 5.98. The predicted octanol–water partition coefficient (Wildman–Crippen LogP) is 5.38. The molecule has 0 bridgehead atoms. The number of benzene rings is 3. The maximum absolute atomic E-state index is 10.1. The van der Waals surface area contributed by atoms with Gasteiger partial charge in [0, 0.05) is 17.5 Å². The van der Waals surface area contributed by atoms with E-state index in [1.807, 2.05) is 62.4 Å². The molecule has 1 aliphatic rings. The number of phenols is 1. The molecular weight excluding hydrogens is 510 g/mol. The van der Waals surface area contributed by atoms with Crippen molar-refractivity contribution < 1.29 is 24.2 Å². The topological polar surface area (TPSA) is 113 Å². The smallest absolute Gasteiger partial charge is 0.228 e. The first kappa shape index (κ1) is 25.2. The molecule has 0 saturated carbocycles. The molecular formula is C30H27N5O5. The van der Waals surface area contributed by atoms with Gasteiger partial charge >= 0.3 is 0 Å². The zero-order valence-corrected chi connectivity index (χ0v) is 22.5. The van der Waals surface area contributed by atoms with Crippen LogP contribution in [-0.4, -0.2) is 44.6 Å². The second-order valence-corrected chi connectivity index (χ2v) is 9.45. The van der Waals surface area contributed by atoms with Crippen LogP contribution in [0.2, 0.25) is 0 Å². The first-order valence-electron chi connectivity index (χ1n) is 12.7. The minimum Gasteiger partial charge on any atom is -0.508 e. The standard InChI is InChI=1S/C30H27N5O5/c1-17-5-7-19(8-6-17)18(2)34-39-15-26-32-29-28-27(20-9-12-23(37-3)25(13-20)38-4)22-11-10-21(36)14-24(22)40-30(28)31-16-35(29)33-26/h5-14,16,27,36H,15H2,1-4H3/b34-18+/t27-/m0/s1. The number of oxime groups is 1. The van der Waals surface area contributed by atoms with Gasteiger partial charge in [0.2, 0.25) is 5.88 Å². The van der Waals surface area contributed by atoms with Crippen LogP contribution >= 0.6 is 0 Å². The molecule has 6 rings (SSSR count). The van der Waals surface area contributed by atoms with Crippen LogP contribution in [0, 0.1) is 6.92 Å². The number of ether oxygens (including phenoxy) is 3. The van der Waals surface area contributed by atoms with Crippen molar-refractivity contribution in [3.63, 3.8) is 0 Å². The molecule has 0 saturated heterocycles. The fraction of sp³-hybridized carbons (Fsp3) is 0.200. The van der Waals surface area contributed by atoms with Gasteiger partial charge in [-0.3, -0.25) is 0 Å². The highest BCUT2D eigenvalue weighted by Crippen LogP contribution is 2.49. The Balaban J connectivity index is 1.39. The summed E-state index contributed by atoms with van der Waals surface area (Å²) in [6.45, 7) is 4.01. The van der Waals surface area contributed by atoms with Crippen molar-refractivity contribution in [3.8, 4) is 28.9 Å². The number of aromatic hydroxyl groups is 1. The van der Waals surface area contributed by atoms with Gasteiger partial charge in [0.05, 0.1) is 25.5 Å². The summed E-state index contributed by atoms with van der Waals surface area (Å²) in [5, 5.41) is 19.0. The predicted molar refractivity (Wildman–Crippen MR) is 148 cm³/mol. The van der Waals surface area contributed by atoms with Crippen LogP contribution in [0.4, 0.5) is 0 Å². The number of fused-ring (bicyclic) bond motifs is 4. The number of methoxy groups -OCH3 is 2. The molecule has 1 N–H and O–H groups in total. The molecule has 40 heavy (non-hydrogen) atoms. The first-order chi connectivity index (χ1) is 19.4. The number of aryl methyl sites for hydroxylation is 1. The summed E-state index contributed by atoms with van der Waals surface area (Å²) in [5.74, 6) is 2.28. The Morgan fingerprint density at radius 1 is 1.02 bits per heavy atom. The van der Waals surface area contributed by atoms with Gasteiger partial charge < -0.3 is 24.2 Å². The Bertz CT molecular complexity index is 1750. The minimum absolute atomic E-state index is 0.0754. The van der Waals surface area contributed by atoms with E-state index in [2.05, 4.69) is 15.2 Å². The molecule has 0 amide bonds. The minimum atomic E-state index is -0.338. The summed E-state index contributed by atoms with van der Waals surface area (Å²) in [7, 11) is 3.19. The fourth-order valence-electron chi connectivity index (χ4n) is 4.82. The van der Waals surface area contributed by atoms with Crippen LogP contribution in [0.15, 0.2) is 72.1 Å². The molecule has 0 fully saturated rings. The third-order valence-electron chi connectivity index (χ3n) is 6.84. The quantitative estimate of drug-likeness (QED) is 0.213. The molecule has 0 aliphatic carbocycles. The van der Waals surface area contributed by atoms with E-state index in [1.165, 1.54) is 5.56 Å².